The first kappa shape index (κ1) is 11.9. The van der Waals surface area contributed by atoms with E-state index in [1.54, 1.807) is 49.4 Å². The Bertz CT molecular complexity index is 561. The molecule has 0 aliphatic heterocycles. The molecular formula is C12H13NO3S. The molecule has 4 nitrogen and oxygen atoms in total. The molecule has 0 saturated carbocycles. The molecule has 1 aromatic carbocycles. The van der Waals surface area contributed by atoms with Crippen LogP contribution in [0.25, 0.3) is 0 Å². The van der Waals surface area contributed by atoms with Gasteiger partial charge in [-0.15, -0.1) is 0 Å². The maximum Gasteiger partial charge on any atom is 0.241 e. The van der Waals surface area contributed by atoms with Crippen molar-refractivity contribution in [3.8, 4) is 0 Å². The summed E-state index contributed by atoms with van der Waals surface area (Å²) in [6, 6.07) is 11.3. The van der Waals surface area contributed by atoms with E-state index in [1.165, 1.54) is 6.26 Å². The van der Waals surface area contributed by atoms with Crippen LogP contribution in [0.3, 0.4) is 0 Å². The van der Waals surface area contributed by atoms with Crippen LogP contribution in [-0.2, 0) is 10.0 Å². The van der Waals surface area contributed by atoms with Crippen LogP contribution in [0.4, 0.5) is 0 Å². The molecule has 0 spiro atoms. The van der Waals surface area contributed by atoms with E-state index < -0.39 is 16.1 Å². The fourth-order valence-corrected chi connectivity index (χ4v) is 2.73. The lowest BCUT2D eigenvalue weighted by atomic mass is 10.3. The molecule has 1 atom stereocenters. The Hall–Kier alpha value is -1.59. The molecule has 0 amide bonds. The summed E-state index contributed by atoms with van der Waals surface area (Å²) in [4.78, 5) is 0.249. The number of hydrogen-bond acceptors (Lipinski definition) is 3. The second-order valence-corrected chi connectivity index (χ2v) is 5.39. The predicted molar refractivity (Wildman–Crippen MR) is 63.9 cm³/mol. The lowest BCUT2D eigenvalue weighted by molar-refractivity contribution is 0.459. The Kier molecular flexibility index (Phi) is 3.31. The van der Waals surface area contributed by atoms with Gasteiger partial charge in [0, 0.05) is 0 Å². The lowest BCUT2D eigenvalue weighted by Crippen LogP contribution is -2.26. The molecule has 0 aliphatic carbocycles. The summed E-state index contributed by atoms with van der Waals surface area (Å²) in [7, 11) is -3.50. The van der Waals surface area contributed by atoms with Crippen molar-refractivity contribution < 1.29 is 12.8 Å². The van der Waals surface area contributed by atoms with Gasteiger partial charge in [-0.05, 0) is 31.2 Å². The highest BCUT2D eigenvalue weighted by Crippen LogP contribution is 2.16. The third-order valence-corrected chi connectivity index (χ3v) is 3.91. The van der Waals surface area contributed by atoms with Gasteiger partial charge in [0.15, 0.2) is 0 Å². The third kappa shape index (κ3) is 2.75. The van der Waals surface area contributed by atoms with Gasteiger partial charge in [-0.2, -0.15) is 0 Å². The van der Waals surface area contributed by atoms with Crippen molar-refractivity contribution in [2.45, 2.75) is 17.9 Å². The topological polar surface area (TPSA) is 59.3 Å². The van der Waals surface area contributed by atoms with Gasteiger partial charge in [0.05, 0.1) is 17.2 Å². The van der Waals surface area contributed by atoms with Crippen molar-refractivity contribution in [2.75, 3.05) is 0 Å². The predicted octanol–water partition coefficient (Wildman–Crippen LogP) is 2.32. The lowest BCUT2D eigenvalue weighted by Gasteiger charge is -2.11. The molecule has 2 rings (SSSR count). The van der Waals surface area contributed by atoms with E-state index in [1.807, 2.05) is 0 Å². The van der Waals surface area contributed by atoms with Crippen molar-refractivity contribution in [1.82, 2.24) is 4.72 Å². The number of nitrogens with one attached hydrogen (secondary N) is 1. The molecule has 0 unspecified atom stereocenters. The van der Waals surface area contributed by atoms with Gasteiger partial charge in [0.2, 0.25) is 10.0 Å². The summed E-state index contributed by atoms with van der Waals surface area (Å²) in [5.74, 6) is 0.588. The van der Waals surface area contributed by atoms with Crippen LogP contribution in [-0.4, -0.2) is 8.42 Å². The van der Waals surface area contributed by atoms with Gasteiger partial charge >= 0.3 is 0 Å². The molecule has 1 heterocycles. The van der Waals surface area contributed by atoms with Crippen molar-refractivity contribution in [2.24, 2.45) is 0 Å². The average molecular weight is 251 g/mol. The van der Waals surface area contributed by atoms with Crippen LogP contribution >= 0.6 is 0 Å². The maximum absolute atomic E-state index is 12.0. The molecule has 1 N–H and O–H groups in total. The molecule has 17 heavy (non-hydrogen) atoms. The van der Waals surface area contributed by atoms with Crippen molar-refractivity contribution >= 4 is 10.0 Å². The molecule has 0 aliphatic rings. The first-order chi connectivity index (χ1) is 8.09. The average Bonchev–Trinajstić information content (AvgIpc) is 2.83. The summed E-state index contributed by atoms with van der Waals surface area (Å²) in [6.45, 7) is 1.74. The normalized spacial score (nSPS) is 13.5. The SMILES string of the molecule is C[C@H](NS(=O)(=O)c1ccccc1)c1ccco1. The van der Waals surface area contributed by atoms with Crippen LogP contribution in [0.15, 0.2) is 58.0 Å². The van der Waals surface area contributed by atoms with Gasteiger partial charge in [-0.1, -0.05) is 18.2 Å². The van der Waals surface area contributed by atoms with Crippen LogP contribution in [0.5, 0.6) is 0 Å². The van der Waals surface area contributed by atoms with Crippen LogP contribution in [0.1, 0.15) is 18.7 Å². The monoisotopic (exact) mass is 251 g/mol. The van der Waals surface area contributed by atoms with E-state index in [0.717, 1.165) is 0 Å². The second kappa shape index (κ2) is 4.73. The van der Waals surface area contributed by atoms with E-state index in [-0.39, 0.29) is 4.90 Å². The minimum Gasteiger partial charge on any atom is -0.468 e. The molecule has 1 aromatic heterocycles. The minimum absolute atomic E-state index is 0.249. The summed E-state index contributed by atoms with van der Waals surface area (Å²) in [5.41, 5.74) is 0. The molecule has 0 bridgehead atoms. The molecule has 0 fully saturated rings. The molecule has 5 heteroatoms. The van der Waals surface area contributed by atoms with E-state index in [0.29, 0.717) is 5.76 Å². The van der Waals surface area contributed by atoms with Crippen molar-refractivity contribution in [3.05, 3.63) is 54.5 Å². The highest BCUT2D eigenvalue weighted by molar-refractivity contribution is 7.89. The first-order valence-electron chi connectivity index (χ1n) is 5.20. The summed E-state index contributed by atoms with van der Waals surface area (Å²) >= 11 is 0. The number of sulfonamides is 1. The maximum atomic E-state index is 12.0. The Labute approximate surface area is 100 Å². The van der Waals surface area contributed by atoms with E-state index in [2.05, 4.69) is 4.72 Å². The Morgan fingerprint density at radius 2 is 1.82 bits per heavy atom. The van der Waals surface area contributed by atoms with Gasteiger partial charge in [0.25, 0.3) is 0 Å². The van der Waals surface area contributed by atoms with E-state index in [4.69, 9.17) is 4.42 Å². The zero-order valence-electron chi connectivity index (χ0n) is 9.33. The highest BCUT2D eigenvalue weighted by Gasteiger charge is 2.19. The van der Waals surface area contributed by atoms with Crippen molar-refractivity contribution in [1.29, 1.82) is 0 Å². The van der Waals surface area contributed by atoms with E-state index >= 15 is 0 Å². The van der Waals surface area contributed by atoms with Crippen LogP contribution < -0.4 is 4.72 Å². The first-order valence-corrected chi connectivity index (χ1v) is 6.69. The fraction of sp³-hybridized carbons (Fsp3) is 0.167. The summed E-state index contributed by atoms with van der Waals surface area (Å²) in [5, 5.41) is 0. The molecule has 0 radical (unpaired) electrons. The quantitative estimate of drug-likeness (QED) is 0.907. The smallest absolute Gasteiger partial charge is 0.241 e. The van der Waals surface area contributed by atoms with Gasteiger partial charge in [-0.3, -0.25) is 0 Å². The summed E-state index contributed by atoms with van der Waals surface area (Å²) in [6.07, 6.45) is 1.52. The molecule has 90 valence electrons. The van der Waals surface area contributed by atoms with Gasteiger partial charge < -0.3 is 4.42 Å². The van der Waals surface area contributed by atoms with Crippen molar-refractivity contribution in [3.63, 3.8) is 0 Å². The van der Waals surface area contributed by atoms with Crippen LogP contribution in [0.2, 0.25) is 0 Å². The number of furan rings is 1. The van der Waals surface area contributed by atoms with Gasteiger partial charge in [0.1, 0.15) is 5.76 Å². The number of hydrogen-bond donors (Lipinski definition) is 1. The van der Waals surface area contributed by atoms with E-state index in [9.17, 15) is 8.42 Å². The molecule has 0 saturated heterocycles. The summed E-state index contributed by atoms with van der Waals surface area (Å²) < 4.78 is 31.7. The zero-order chi connectivity index (χ0) is 12.3. The molecular weight excluding hydrogens is 238 g/mol. The Morgan fingerprint density at radius 3 is 2.41 bits per heavy atom. The number of rotatable bonds is 4. The highest BCUT2D eigenvalue weighted by atomic mass is 32.2. The largest absolute Gasteiger partial charge is 0.468 e. The minimum atomic E-state index is -3.50. The Balaban J connectivity index is 2.19. The fourth-order valence-electron chi connectivity index (χ4n) is 1.50. The molecule has 2 aromatic rings. The number of benzene rings is 1. The second-order valence-electron chi connectivity index (χ2n) is 3.67. The Morgan fingerprint density at radius 1 is 1.12 bits per heavy atom. The van der Waals surface area contributed by atoms with Gasteiger partial charge in [-0.25, -0.2) is 13.1 Å². The van der Waals surface area contributed by atoms with Crippen LogP contribution in [0, 0.1) is 0 Å². The standard InChI is InChI=1S/C12H13NO3S/c1-10(12-8-5-9-16-12)13-17(14,15)11-6-3-2-4-7-11/h2-10,13H,1H3/t10-/m0/s1. The third-order valence-electron chi connectivity index (χ3n) is 2.36. The zero-order valence-corrected chi connectivity index (χ0v) is 10.1.